The molecule has 1 aromatic carbocycles. The van der Waals surface area contributed by atoms with Crippen molar-refractivity contribution in [2.45, 2.75) is 0 Å². The molecule has 0 fully saturated rings. The molecule has 76 valence electrons. The number of phenolic OH excluding ortho intramolecular Hbond substituents is 1. The molecule has 2 N–H and O–H groups in total. The molecule has 0 atom stereocenters. The molecule has 5 heteroatoms. The molecule has 0 saturated heterocycles. The van der Waals surface area contributed by atoms with Gasteiger partial charge in [0.25, 0.3) is 5.52 Å². The molecule has 2 aromatic rings. The van der Waals surface area contributed by atoms with Gasteiger partial charge in [0.15, 0.2) is 5.75 Å². The van der Waals surface area contributed by atoms with Crippen LogP contribution in [0.4, 0.5) is 0 Å². The Bertz CT molecular complexity index is 550. The number of fused-ring (bicyclic) bond motifs is 1. The molecule has 2 rings (SSSR count). The van der Waals surface area contributed by atoms with Crippen LogP contribution in [0, 0.1) is 5.21 Å². The lowest BCUT2D eigenvalue weighted by Gasteiger charge is -2.05. The van der Waals surface area contributed by atoms with Gasteiger partial charge in [0.1, 0.15) is 0 Å². The SMILES string of the molecule is O=C(O)c1ccc2cccc(O)c2[n+]1[O-]. The maximum atomic E-state index is 11.6. The number of hydrogen-bond donors (Lipinski definition) is 2. The summed E-state index contributed by atoms with van der Waals surface area (Å²) in [7, 11) is 0. The number of aromatic nitrogens is 1. The Morgan fingerprint density at radius 3 is 2.67 bits per heavy atom. The van der Waals surface area contributed by atoms with Gasteiger partial charge in [0.05, 0.1) is 5.39 Å². The van der Waals surface area contributed by atoms with Gasteiger partial charge in [-0.05, 0) is 18.2 Å². The minimum absolute atomic E-state index is 0.0302. The smallest absolute Gasteiger partial charge is 0.402 e. The number of nitrogens with zero attached hydrogens (tertiary/aromatic N) is 1. The number of aromatic carboxylic acids is 1. The molecule has 1 aromatic heterocycles. The van der Waals surface area contributed by atoms with Crippen molar-refractivity contribution in [2.75, 3.05) is 0 Å². The topological polar surface area (TPSA) is 84.5 Å². The lowest BCUT2D eigenvalue weighted by Crippen LogP contribution is -2.35. The van der Waals surface area contributed by atoms with Gasteiger partial charge in [-0.25, -0.2) is 4.79 Å². The predicted octanol–water partition coefficient (Wildman–Crippen LogP) is 0.877. The van der Waals surface area contributed by atoms with E-state index in [0.717, 1.165) is 0 Å². The first-order chi connectivity index (χ1) is 7.11. The van der Waals surface area contributed by atoms with Gasteiger partial charge in [-0.1, -0.05) is 6.07 Å². The molecule has 0 saturated carbocycles. The van der Waals surface area contributed by atoms with Crippen LogP contribution in [0.5, 0.6) is 5.75 Å². The molecule has 0 spiro atoms. The van der Waals surface area contributed by atoms with E-state index in [9.17, 15) is 15.1 Å². The van der Waals surface area contributed by atoms with Crippen molar-refractivity contribution < 1.29 is 19.7 Å². The van der Waals surface area contributed by atoms with Gasteiger partial charge in [-0.2, -0.15) is 4.73 Å². The van der Waals surface area contributed by atoms with Gasteiger partial charge < -0.3 is 15.4 Å². The molecule has 0 aliphatic rings. The summed E-state index contributed by atoms with van der Waals surface area (Å²) in [5.74, 6) is -1.55. The minimum Gasteiger partial charge on any atom is -0.618 e. The van der Waals surface area contributed by atoms with Crippen LogP contribution in [0.1, 0.15) is 10.5 Å². The predicted molar refractivity (Wildman–Crippen MR) is 51.5 cm³/mol. The van der Waals surface area contributed by atoms with Crippen molar-refractivity contribution in [1.82, 2.24) is 0 Å². The van der Waals surface area contributed by atoms with Crippen LogP contribution >= 0.6 is 0 Å². The van der Waals surface area contributed by atoms with E-state index in [0.29, 0.717) is 5.39 Å². The fourth-order valence-electron chi connectivity index (χ4n) is 1.42. The minimum atomic E-state index is -1.32. The maximum absolute atomic E-state index is 11.6. The van der Waals surface area contributed by atoms with Crippen molar-refractivity contribution >= 4 is 16.9 Å². The van der Waals surface area contributed by atoms with Crippen LogP contribution in [0.2, 0.25) is 0 Å². The van der Waals surface area contributed by atoms with Crippen LogP contribution < -0.4 is 4.73 Å². The highest BCUT2D eigenvalue weighted by molar-refractivity contribution is 5.88. The van der Waals surface area contributed by atoms with Crippen molar-refractivity contribution in [3.63, 3.8) is 0 Å². The Labute approximate surface area is 84.4 Å². The van der Waals surface area contributed by atoms with Gasteiger partial charge in [0, 0.05) is 6.07 Å². The highest BCUT2D eigenvalue weighted by atomic mass is 16.5. The third-order valence-corrected chi connectivity index (χ3v) is 2.11. The third kappa shape index (κ3) is 1.34. The number of benzene rings is 1. The van der Waals surface area contributed by atoms with E-state index < -0.39 is 11.7 Å². The second kappa shape index (κ2) is 3.13. The van der Waals surface area contributed by atoms with Gasteiger partial charge in [-0.3, -0.25) is 0 Å². The number of pyridine rings is 1. The average Bonchev–Trinajstić information content (AvgIpc) is 2.17. The number of carbonyl (C=O) groups is 1. The highest BCUT2D eigenvalue weighted by Crippen LogP contribution is 2.20. The van der Waals surface area contributed by atoms with Crippen LogP contribution in [0.3, 0.4) is 0 Å². The lowest BCUT2D eigenvalue weighted by molar-refractivity contribution is -0.580. The fourth-order valence-corrected chi connectivity index (χ4v) is 1.42. The number of phenols is 1. The van der Waals surface area contributed by atoms with Crippen molar-refractivity contribution in [3.05, 3.63) is 41.2 Å². The zero-order chi connectivity index (χ0) is 11.0. The van der Waals surface area contributed by atoms with E-state index in [2.05, 4.69) is 0 Å². The van der Waals surface area contributed by atoms with E-state index in [1.54, 1.807) is 12.1 Å². The van der Waals surface area contributed by atoms with Gasteiger partial charge >= 0.3 is 11.7 Å². The van der Waals surface area contributed by atoms with Crippen molar-refractivity contribution in [1.29, 1.82) is 0 Å². The summed E-state index contributed by atoms with van der Waals surface area (Å²) in [6.45, 7) is 0. The molecule has 0 amide bonds. The van der Waals surface area contributed by atoms with Crippen molar-refractivity contribution in [3.8, 4) is 5.75 Å². The second-order valence-electron chi connectivity index (χ2n) is 3.03. The molecule has 15 heavy (non-hydrogen) atoms. The molecule has 0 bridgehead atoms. The zero-order valence-electron chi connectivity index (χ0n) is 7.54. The molecule has 1 heterocycles. The van der Waals surface area contributed by atoms with Crippen molar-refractivity contribution in [2.24, 2.45) is 0 Å². The molecular formula is C10H7NO4. The first-order valence-electron chi connectivity index (χ1n) is 4.19. The van der Waals surface area contributed by atoms with E-state index >= 15 is 0 Å². The summed E-state index contributed by atoms with van der Waals surface area (Å²) < 4.78 is 0.215. The Morgan fingerprint density at radius 1 is 1.27 bits per heavy atom. The number of carboxylic acid groups (broad SMARTS) is 1. The van der Waals surface area contributed by atoms with E-state index in [1.807, 2.05) is 0 Å². The van der Waals surface area contributed by atoms with Gasteiger partial charge in [-0.15, -0.1) is 0 Å². The Kier molecular flexibility index (Phi) is 1.93. The first-order valence-corrected chi connectivity index (χ1v) is 4.19. The fraction of sp³-hybridized carbons (Fsp3) is 0. The second-order valence-corrected chi connectivity index (χ2v) is 3.03. The van der Waals surface area contributed by atoms with Crippen LogP contribution in [-0.2, 0) is 0 Å². The Morgan fingerprint density at radius 2 is 2.00 bits per heavy atom. The van der Waals surface area contributed by atoms with E-state index in [1.165, 1.54) is 18.2 Å². The molecular weight excluding hydrogens is 198 g/mol. The number of aromatic hydroxyl groups is 1. The molecule has 0 aliphatic heterocycles. The summed E-state index contributed by atoms with van der Waals surface area (Å²) in [6, 6.07) is 7.22. The number of rotatable bonds is 1. The maximum Gasteiger partial charge on any atom is 0.402 e. The normalized spacial score (nSPS) is 10.4. The monoisotopic (exact) mass is 205 g/mol. The number of hydrogen-bond acceptors (Lipinski definition) is 3. The standard InChI is InChI=1S/C10H7NO4/c12-8-3-1-2-6-4-5-7(10(13)14)11(15)9(6)8/h1-5,12H,(H,13,14). The average molecular weight is 205 g/mol. The Balaban J connectivity index is 2.89. The van der Waals surface area contributed by atoms with Crippen LogP contribution in [-0.4, -0.2) is 16.2 Å². The number of para-hydroxylation sites is 1. The summed E-state index contributed by atoms with van der Waals surface area (Å²) in [5.41, 5.74) is -0.443. The summed E-state index contributed by atoms with van der Waals surface area (Å²) >= 11 is 0. The third-order valence-electron chi connectivity index (χ3n) is 2.11. The van der Waals surface area contributed by atoms with Crippen LogP contribution in [0.25, 0.3) is 10.9 Å². The lowest BCUT2D eigenvalue weighted by atomic mass is 10.2. The zero-order valence-corrected chi connectivity index (χ0v) is 7.54. The highest BCUT2D eigenvalue weighted by Gasteiger charge is 2.19. The largest absolute Gasteiger partial charge is 0.618 e. The quantitative estimate of drug-likeness (QED) is 0.534. The van der Waals surface area contributed by atoms with Gasteiger partial charge in [0.2, 0.25) is 0 Å². The van der Waals surface area contributed by atoms with Crippen LogP contribution in [0.15, 0.2) is 30.3 Å². The van der Waals surface area contributed by atoms with E-state index in [4.69, 9.17) is 5.11 Å². The summed E-state index contributed by atoms with van der Waals surface area (Å²) in [5, 5.41) is 30.2. The molecule has 5 nitrogen and oxygen atoms in total. The first kappa shape index (κ1) is 9.26. The number of carboxylic acids is 1. The molecule has 0 radical (unpaired) electrons. The summed E-state index contributed by atoms with van der Waals surface area (Å²) in [6.07, 6.45) is 0. The summed E-state index contributed by atoms with van der Waals surface area (Å²) in [4.78, 5) is 10.7. The molecule has 0 aliphatic carbocycles. The molecule has 0 unspecified atom stereocenters. The Hall–Kier alpha value is -2.30. The van der Waals surface area contributed by atoms with E-state index in [-0.39, 0.29) is 16.0 Å².